The van der Waals surface area contributed by atoms with Crippen LogP contribution in [0.1, 0.15) is 5.56 Å². The Hall–Kier alpha value is -1.65. The third-order valence-electron chi connectivity index (χ3n) is 2.62. The number of aromatic nitrogens is 1. The number of rotatable bonds is 2. The van der Waals surface area contributed by atoms with Gasteiger partial charge in [-0.1, -0.05) is 34.8 Å². The summed E-state index contributed by atoms with van der Waals surface area (Å²) in [4.78, 5) is 4.10. The predicted molar refractivity (Wildman–Crippen MR) is 85.2 cm³/mol. The van der Waals surface area contributed by atoms with Crippen LogP contribution in [0.4, 0.5) is 22.9 Å². The van der Waals surface area contributed by atoms with Crippen molar-refractivity contribution >= 4 is 69.0 Å². The molecule has 9 heteroatoms. The normalized spacial score (nSPS) is 11.7. The SMILES string of the molecule is N#Cc1cc(Cl)nc(Nc2c(Cl)cc(Cl)c3c2N=S=N3)c1. The minimum Gasteiger partial charge on any atom is -0.337 e. The largest absolute Gasteiger partial charge is 0.337 e. The van der Waals surface area contributed by atoms with Crippen LogP contribution in [0, 0.1) is 11.3 Å². The van der Waals surface area contributed by atoms with E-state index in [2.05, 4.69) is 19.0 Å². The van der Waals surface area contributed by atoms with Crippen LogP contribution in [-0.4, -0.2) is 4.98 Å². The average Bonchev–Trinajstić information content (AvgIpc) is 2.92. The van der Waals surface area contributed by atoms with Crippen molar-refractivity contribution in [2.24, 2.45) is 8.73 Å². The Bertz CT molecular complexity index is 868. The van der Waals surface area contributed by atoms with E-state index in [1.54, 1.807) is 12.1 Å². The van der Waals surface area contributed by atoms with E-state index in [4.69, 9.17) is 40.1 Å². The van der Waals surface area contributed by atoms with Gasteiger partial charge in [-0.15, -0.1) is 0 Å². The summed E-state index contributed by atoms with van der Waals surface area (Å²) in [7, 11) is 0. The lowest BCUT2D eigenvalue weighted by Crippen LogP contribution is -1.96. The van der Waals surface area contributed by atoms with Gasteiger partial charge in [0.25, 0.3) is 0 Å². The Kier molecular flexibility index (Phi) is 3.83. The smallest absolute Gasteiger partial charge is 0.133 e. The third kappa shape index (κ3) is 2.74. The summed E-state index contributed by atoms with van der Waals surface area (Å²) in [6.45, 7) is 0. The monoisotopic (exact) mass is 355 g/mol. The molecule has 104 valence electrons. The van der Waals surface area contributed by atoms with E-state index in [-0.39, 0.29) is 5.15 Å². The van der Waals surface area contributed by atoms with Gasteiger partial charge in [0.15, 0.2) is 0 Å². The fourth-order valence-corrected chi connectivity index (χ4v) is 3.11. The van der Waals surface area contributed by atoms with Gasteiger partial charge in [0.05, 0.1) is 38.7 Å². The van der Waals surface area contributed by atoms with Gasteiger partial charge in [0.1, 0.15) is 22.3 Å². The molecule has 0 saturated carbocycles. The average molecular weight is 357 g/mol. The van der Waals surface area contributed by atoms with Gasteiger partial charge in [-0.05, 0) is 18.2 Å². The van der Waals surface area contributed by atoms with Gasteiger partial charge < -0.3 is 5.32 Å². The van der Waals surface area contributed by atoms with Crippen molar-refractivity contribution in [3.63, 3.8) is 0 Å². The number of nitrogens with zero attached hydrogens (tertiary/aromatic N) is 4. The van der Waals surface area contributed by atoms with Crippen molar-refractivity contribution < 1.29 is 0 Å². The van der Waals surface area contributed by atoms with Crippen molar-refractivity contribution in [1.29, 1.82) is 5.26 Å². The molecule has 2 heterocycles. The highest BCUT2D eigenvalue weighted by Gasteiger charge is 2.19. The van der Waals surface area contributed by atoms with Crippen molar-refractivity contribution in [2.45, 2.75) is 0 Å². The van der Waals surface area contributed by atoms with Crippen molar-refractivity contribution in [2.75, 3.05) is 5.32 Å². The molecule has 0 fully saturated rings. The van der Waals surface area contributed by atoms with Crippen LogP contribution >= 0.6 is 34.8 Å². The molecule has 0 saturated heterocycles. The predicted octanol–water partition coefficient (Wildman–Crippen LogP) is 5.38. The molecular formula is C12H4Cl3N5S. The van der Waals surface area contributed by atoms with E-state index in [0.717, 1.165) is 11.4 Å². The summed E-state index contributed by atoms with van der Waals surface area (Å²) >= 11 is 19.2. The van der Waals surface area contributed by atoms with E-state index in [1.807, 2.05) is 6.07 Å². The number of pyridine rings is 1. The summed E-state index contributed by atoms with van der Waals surface area (Å²) < 4.78 is 8.29. The fourth-order valence-electron chi connectivity index (χ4n) is 1.75. The topological polar surface area (TPSA) is 73.4 Å². The van der Waals surface area contributed by atoms with Gasteiger partial charge in [-0.25, -0.2) is 4.98 Å². The van der Waals surface area contributed by atoms with Crippen LogP contribution in [0.25, 0.3) is 0 Å². The zero-order valence-corrected chi connectivity index (χ0v) is 13.1. The second-order valence-electron chi connectivity index (χ2n) is 3.98. The molecule has 0 atom stereocenters. The summed E-state index contributed by atoms with van der Waals surface area (Å²) in [5.74, 6) is 0.387. The van der Waals surface area contributed by atoms with Crippen LogP contribution in [0.3, 0.4) is 0 Å². The number of fused-ring (bicyclic) bond motifs is 1. The first-order valence-corrected chi connectivity index (χ1v) is 7.40. The molecule has 1 aliphatic rings. The summed E-state index contributed by atoms with van der Waals surface area (Å²) in [5.41, 5.74) is 1.99. The maximum atomic E-state index is 8.95. The highest BCUT2D eigenvalue weighted by atomic mass is 35.5. The van der Waals surface area contributed by atoms with Gasteiger partial charge in [-0.3, -0.25) is 0 Å². The zero-order valence-electron chi connectivity index (χ0n) is 10.1. The number of hydrogen-bond donors (Lipinski definition) is 1. The molecule has 0 bridgehead atoms. The molecule has 1 N–H and O–H groups in total. The Balaban J connectivity index is 2.08. The van der Waals surface area contributed by atoms with Crippen LogP contribution in [0.5, 0.6) is 0 Å². The third-order valence-corrected chi connectivity index (χ3v) is 3.93. The molecule has 0 radical (unpaired) electrons. The number of halogens is 3. The molecule has 21 heavy (non-hydrogen) atoms. The minimum absolute atomic E-state index is 0.203. The highest BCUT2D eigenvalue weighted by Crippen LogP contribution is 2.48. The quantitative estimate of drug-likeness (QED) is 0.626. The second kappa shape index (κ2) is 5.62. The Morgan fingerprint density at radius 3 is 2.57 bits per heavy atom. The Morgan fingerprint density at radius 1 is 1.05 bits per heavy atom. The maximum Gasteiger partial charge on any atom is 0.133 e. The summed E-state index contributed by atoms with van der Waals surface area (Å²) in [5, 5.41) is 13.0. The van der Waals surface area contributed by atoms with Crippen LogP contribution < -0.4 is 5.32 Å². The molecule has 1 aromatic heterocycles. The number of anilines is 2. The van der Waals surface area contributed by atoms with Crippen molar-refractivity contribution in [3.05, 3.63) is 39.0 Å². The van der Waals surface area contributed by atoms with Crippen LogP contribution in [-0.2, 0) is 11.4 Å². The molecule has 1 aromatic carbocycles. The van der Waals surface area contributed by atoms with E-state index < -0.39 is 0 Å². The van der Waals surface area contributed by atoms with Crippen molar-refractivity contribution in [3.8, 4) is 6.07 Å². The molecule has 0 unspecified atom stereocenters. The Morgan fingerprint density at radius 2 is 1.81 bits per heavy atom. The highest BCUT2D eigenvalue weighted by molar-refractivity contribution is 7.58. The lowest BCUT2D eigenvalue weighted by molar-refractivity contribution is 1.29. The fraction of sp³-hybridized carbons (Fsp3) is 0. The number of hydrogen-bond acceptors (Lipinski definition) is 5. The van der Waals surface area contributed by atoms with Crippen molar-refractivity contribution in [1.82, 2.24) is 4.98 Å². The first-order chi connectivity index (χ1) is 10.1. The lowest BCUT2D eigenvalue weighted by atomic mass is 10.2. The Labute approximate surface area is 138 Å². The van der Waals surface area contributed by atoms with Gasteiger partial charge >= 0.3 is 0 Å². The van der Waals surface area contributed by atoms with Crippen LogP contribution in [0.2, 0.25) is 15.2 Å². The molecule has 1 aliphatic heterocycles. The molecule has 0 amide bonds. The lowest BCUT2D eigenvalue weighted by Gasteiger charge is -2.11. The van der Waals surface area contributed by atoms with E-state index >= 15 is 0 Å². The summed E-state index contributed by atoms with van der Waals surface area (Å²) in [6.07, 6.45) is 0. The van der Waals surface area contributed by atoms with Crippen LogP contribution in [0.15, 0.2) is 26.9 Å². The second-order valence-corrected chi connectivity index (χ2v) is 5.71. The number of nitrogens with one attached hydrogen (secondary N) is 1. The number of nitriles is 1. The first-order valence-electron chi connectivity index (χ1n) is 5.53. The standard InChI is InChI=1S/C12H4Cl3N5S/c13-6-3-7(14)11-12(20-21-19-11)10(6)18-9-2-5(4-16)1-8(15)17-9/h1-3H,(H,17,18). The molecule has 2 aromatic rings. The minimum atomic E-state index is 0.203. The number of benzene rings is 1. The molecule has 0 spiro atoms. The molecule has 5 nitrogen and oxygen atoms in total. The molecule has 0 aliphatic carbocycles. The van der Waals surface area contributed by atoms with E-state index in [0.29, 0.717) is 38.5 Å². The van der Waals surface area contributed by atoms with E-state index in [1.165, 1.54) is 6.07 Å². The van der Waals surface area contributed by atoms with E-state index in [9.17, 15) is 0 Å². The van der Waals surface area contributed by atoms with Gasteiger partial charge in [0.2, 0.25) is 0 Å². The van der Waals surface area contributed by atoms with Gasteiger partial charge in [-0.2, -0.15) is 14.0 Å². The molecular weight excluding hydrogens is 353 g/mol. The molecule has 3 rings (SSSR count). The zero-order chi connectivity index (χ0) is 15.0. The maximum absolute atomic E-state index is 8.95. The first kappa shape index (κ1) is 14.3. The van der Waals surface area contributed by atoms with Gasteiger partial charge in [0, 0.05) is 0 Å². The summed E-state index contributed by atoms with van der Waals surface area (Å²) in [6, 6.07) is 6.61.